The number of anilines is 1. The average Bonchev–Trinajstić information content (AvgIpc) is 2.95. The first-order valence-corrected chi connectivity index (χ1v) is 14.6. The molecule has 1 atom stereocenters. The maximum atomic E-state index is 13.8. The van der Waals surface area contributed by atoms with Crippen LogP contribution in [-0.4, -0.2) is 50.9 Å². The molecule has 0 bridgehead atoms. The summed E-state index contributed by atoms with van der Waals surface area (Å²) in [6.07, 6.45) is 1.75. The molecule has 0 aliphatic carbocycles. The Kier molecular flexibility index (Phi) is 10.9. The monoisotopic (exact) mass is 551 g/mol. The second kappa shape index (κ2) is 14.3. The number of carbonyl (C=O) groups excluding carboxylic acids is 2. The minimum Gasteiger partial charge on any atom is -0.494 e. The van der Waals surface area contributed by atoms with Crippen LogP contribution in [0.15, 0.2) is 89.8 Å². The van der Waals surface area contributed by atoms with E-state index in [1.54, 1.807) is 49.4 Å². The molecule has 8 nitrogen and oxygen atoms in total. The number of hydrogen-bond acceptors (Lipinski definition) is 5. The van der Waals surface area contributed by atoms with Crippen LogP contribution in [-0.2, 0) is 26.2 Å². The minimum atomic E-state index is -4.12. The van der Waals surface area contributed by atoms with Gasteiger partial charge in [-0.1, -0.05) is 61.9 Å². The van der Waals surface area contributed by atoms with Gasteiger partial charge in [0.15, 0.2) is 0 Å². The van der Waals surface area contributed by atoms with Crippen LogP contribution >= 0.6 is 0 Å². The van der Waals surface area contributed by atoms with Crippen LogP contribution in [0.5, 0.6) is 5.75 Å². The molecule has 3 aromatic carbocycles. The number of rotatable bonds is 14. The fourth-order valence-corrected chi connectivity index (χ4v) is 5.44. The Hall–Kier alpha value is -3.85. The molecule has 0 fully saturated rings. The predicted molar refractivity (Wildman–Crippen MR) is 153 cm³/mol. The first-order valence-electron chi connectivity index (χ1n) is 13.2. The van der Waals surface area contributed by atoms with Crippen molar-refractivity contribution in [1.29, 1.82) is 0 Å². The van der Waals surface area contributed by atoms with Crippen molar-refractivity contribution in [2.24, 2.45) is 0 Å². The Morgan fingerprint density at radius 3 is 2.10 bits per heavy atom. The molecule has 0 saturated heterocycles. The SMILES string of the molecule is CCCCNC(=O)[C@H](C)N(Cc1ccccc1)C(=O)CN(c1ccccc1)S(=O)(=O)c1ccc(OCC)cc1. The summed E-state index contributed by atoms with van der Waals surface area (Å²) in [4.78, 5) is 28.3. The topological polar surface area (TPSA) is 96.0 Å². The van der Waals surface area contributed by atoms with Gasteiger partial charge in [-0.3, -0.25) is 13.9 Å². The summed E-state index contributed by atoms with van der Waals surface area (Å²) in [5.41, 5.74) is 1.18. The molecule has 0 saturated carbocycles. The Balaban J connectivity index is 1.95. The van der Waals surface area contributed by atoms with E-state index < -0.39 is 28.5 Å². The highest BCUT2D eigenvalue weighted by atomic mass is 32.2. The fraction of sp³-hybridized carbons (Fsp3) is 0.333. The zero-order valence-corrected chi connectivity index (χ0v) is 23.6. The van der Waals surface area contributed by atoms with E-state index in [2.05, 4.69) is 5.32 Å². The van der Waals surface area contributed by atoms with Gasteiger partial charge in [0, 0.05) is 13.1 Å². The maximum absolute atomic E-state index is 13.8. The highest BCUT2D eigenvalue weighted by Crippen LogP contribution is 2.26. The number of carbonyl (C=O) groups is 2. The van der Waals surface area contributed by atoms with Crippen molar-refractivity contribution in [3.8, 4) is 5.75 Å². The number of nitrogens with zero attached hydrogens (tertiary/aromatic N) is 2. The van der Waals surface area contributed by atoms with Gasteiger partial charge < -0.3 is 15.0 Å². The van der Waals surface area contributed by atoms with Crippen LogP contribution in [0.4, 0.5) is 5.69 Å². The molecule has 0 aromatic heterocycles. The van der Waals surface area contributed by atoms with Crippen molar-refractivity contribution in [2.45, 2.75) is 51.1 Å². The number of hydrogen-bond donors (Lipinski definition) is 1. The van der Waals surface area contributed by atoms with Gasteiger partial charge in [-0.15, -0.1) is 0 Å². The molecule has 208 valence electrons. The highest BCUT2D eigenvalue weighted by Gasteiger charge is 2.32. The number of nitrogens with one attached hydrogen (secondary N) is 1. The Morgan fingerprint density at radius 2 is 1.51 bits per heavy atom. The van der Waals surface area contributed by atoms with E-state index in [4.69, 9.17) is 4.74 Å². The van der Waals surface area contributed by atoms with E-state index in [1.165, 1.54) is 17.0 Å². The van der Waals surface area contributed by atoms with Crippen LogP contribution in [0, 0.1) is 0 Å². The summed E-state index contributed by atoms with van der Waals surface area (Å²) in [5.74, 6) is -0.223. The summed E-state index contributed by atoms with van der Waals surface area (Å²) in [6.45, 7) is 6.19. The van der Waals surface area contributed by atoms with Crippen molar-refractivity contribution in [1.82, 2.24) is 10.2 Å². The number of sulfonamides is 1. The van der Waals surface area contributed by atoms with Crippen molar-refractivity contribution in [3.05, 3.63) is 90.5 Å². The van der Waals surface area contributed by atoms with Gasteiger partial charge in [0.25, 0.3) is 10.0 Å². The predicted octanol–water partition coefficient (Wildman–Crippen LogP) is 4.61. The summed E-state index contributed by atoms with van der Waals surface area (Å²) in [7, 11) is -4.12. The van der Waals surface area contributed by atoms with Crippen molar-refractivity contribution in [2.75, 3.05) is 24.0 Å². The standard InChI is InChI=1S/C30H37N3O5S/c1-4-6-21-31-30(35)24(3)32(22-25-13-9-7-10-14-25)29(34)23-33(26-15-11-8-12-16-26)39(36,37)28-19-17-27(18-20-28)38-5-2/h7-20,24H,4-6,21-23H2,1-3H3,(H,31,35)/t24-/m0/s1. The smallest absolute Gasteiger partial charge is 0.264 e. The Morgan fingerprint density at radius 1 is 0.897 bits per heavy atom. The van der Waals surface area contributed by atoms with Gasteiger partial charge in [-0.2, -0.15) is 0 Å². The number of benzene rings is 3. The first-order chi connectivity index (χ1) is 18.8. The third-order valence-electron chi connectivity index (χ3n) is 6.24. The molecule has 1 N–H and O–H groups in total. The highest BCUT2D eigenvalue weighted by molar-refractivity contribution is 7.92. The van der Waals surface area contributed by atoms with Gasteiger partial charge >= 0.3 is 0 Å². The molecule has 0 unspecified atom stereocenters. The molecule has 3 aromatic rings. The van der Waals surface area contributed by atoms with Gasteiger partial charge in [-0.05, 0) is 62.2 Å². The summed E-state index contributed by atoms with van der Waals surface area (Å²) >= 11 is 0. The van der Waals surface area contributed by atoms with Gasteiger partial charge in [0.2, 0.25) is 11.8 Å². The zero-order chi connectivity index (χ0) is 28.3. The minimum absolute atomic E-state index is 0.0302. The molecule has 0 aliphatic rings. The number of ether oxygens (including phenoxy) is 1. The van der Waals surface area contributed by atoms with Crippen LogP contribution in [0.3, 0.4) is 0 Å². The lowest BCUT2D eigenvalue weighted by atomic mass is 10.1. The largest absolute Gasteiger partial charge is 0.494 e. The molecular formula is C30H37N3O5S. The van der Waals surface area contributed by atoms with E-state index in [0.717, 1.165) is 22.7 Å². The lowest BCUT2D eigenvalue weighted by Gasteiger charge is -2.32. The van der Waals surface area contributed by atoms with E-state index in [1.807, 2.05) is 44.2 Å². The number of unbranched alkanes of at least 4 members (excludes halogenated alkanes) is 1. The fourth-order valence-electron chi connectivity index (χ4n) is 4.02. The van der Waals surface area contributed by atoms with Crippen molar-refractivity contribution >= 4 is 27.5 Å². The lowest BCUT2D eigenvalue weighted by Crippen LogP contribution is -2.51. The van der Waals surface area contributed by atoms with Gasteiger partial charge in [0.1, 0.15) is 18.3 Å². The Labute approximate surface area is 231 Å². The van der Waals surface area contributed by atoms with Crippen LogP contribution in [0.25, 0.3) is 0 Å². The molecule has 2 amide bonds. The van der Waals surface area contributed by atoms with E-state index in [9.17, 15) is 18.0 Å². The van der Waals surface area contributed by atoms with Crippen molar-refractivity contribution in [3.63, 3.8) is 0 Å². The molecule has 0 spiro atoms. The van der Waals surface area contributed by atoms with E-state index >= 15 is 0 Å². The second-order valence-electron chi connectivity index (χ2n) is 9.08. The van der Waals surface area contributed by atoms with Crippen LogP contribution in [0.1, 0.15) is 39.2 Å². The van der Waals surface area contributed by atoms with Crippen LogP contribution in [0.2, 0.25) is 0 Å². The molecule has 39 heavy (non-hydrogen) atoms. The third kappa shape index (κ3) is 8.07. The molecule has 0 aliphatic heterocycles. The van der Waals surface area contributed by atoms with Gasteiger partial charge in [-0.25, -0.2) is 8.42 Å². The summed E-state index contributed by atoms with van der Waals surface area (Å²) < 4.78 is 34.2. The first kappa shape index (κ1) is 29.7. The third-order valence-corrected chi connectivity index (χ3v) is 8.03. The lowest BCUT2D eigenvalue weighted by molar-refractivity contribution is -0.139. The maximum Gasteiger partial charge on any atom is 0.264 e. The van der Waals surface area contributed by atoms with E-state index in [-0.39, 0.29) is 17.3 Å². The molecular weight excluding hydrogens is 514 g/mol. The molecule has 0 radical (unpaired) electrons. The molecule has 0 heterocycles. The van der Waals surface area contributed by atoms with Crippen molar-refractivity contribution < 1.29 is 22.7 Å². The number of para-hydroxylation sites is 1. The van der Waals surface area contributed by atoms with E-state index in [0.29, 0.717) is 24.6 Å². The van der Waals surface area contributed by atoms with Crippen LogP contribution < -0.4 is 14.4 Å². The summed E-state index contributed by atoms with van der Waals surface area (Å²) in [6, 6.07) is 23.1. The molecule has 9 heteroatoms. The zero-order valence-electron chi connectivity index (χ0n) is 22.7. The summed E-state index contributed by atoms with van der Waals surface area (Å²) in [5, 5.41) is 2.88. The quantitative estimate of drug-likeness (QED) is 0.295. The normalized spacial score (nSPS) is 11.9. The molecule has 3 rings (SSSR count). The number of amides is 2. The second-order valence-corrected chi connectivity index (χ2v) is 10.9. The Bertz CT molecular complexity index is 1300. The average molecular weight is 552 g/mol. The van der Waals surface area contributed by atoms with Gasteiger partial charge in [0.05, 0.1) is 17.2 Å².